The molecule has 0 aromatic heterocycles. The van der Waals surface area contributed by atoms with Crippen LogP contribution in [0.3, 0.4) is 0 Å². The molecule has 0 aliphatic carbocycles. The van der Waals surface area contributed by atoms with Crippen molar-refractivity contribution in [3.8, 4) is 0 Å². The van der Waals surface area contributed by atoms with Crippen molar-refractivity contribution in [2.45, 2.75) is 65.4 Å². The van der Waals surface area contributed by atoms with E-state index < -0.39 is 23.4 Å². The first-order chi connectivity index (χ1) is 11.9. The third kappa shape index (κ3) is 7.64. The third-order valence-corrected chi connectivity index (χ3v) is 4.04. The molecule has 0 unspecified atom stereocenters. The molecule has 4 nitrogen and oxygen atoms in total. The molecule has 0 saturated carbocycles. The van der Waals surface area contributed by atoms with E-state index in [1.807, 2.05) is 13.8 Å². The molecule has 1 amide bonds. The summed E-state index contributed by atoms with van der Waals surface area (Å²) in [5, 5.41) is 5.84. The summed E-state index contributed by atoms with van der Waals surface area (Å²) in [6.07, 6.45) is -4.09. The highest BCUT2D eigenvalue weighted by molar-refractivity contribution is 5.68. The van der Waals surface area contributed by atoms with E-state index in [1.165, 1.54) is 12.1 Å². The number of rotatable bonds is 7. The molecular weight excluding hydrogens is 345 g/mol. The number of benzene rings is 1. The fraction of sp³-hybridized carbons (Fsp3) is 0.632. The van der Waals surface area contributed by atoms with Gasteiger partial charge in [-0.05, 0) is 38.3 Å². The second-order valence-corrected chi connectivity index (χ2v) is 7.42. The monoisotopic (exact) mass is 374 g/mol. The highest BCUT2D eigenvalue weighted by atomic mass is 19.4. The zero-order valence-electron chi connectivity index (χ0n) is 16.0. The van der Waals surface area contributed by atoms with Crippen LogP contribution in [0.1, 0.15) is 52.2 Å². The van der Waals surface area contributed by atoms with Crippen LogP contribution in [0.5, 0.6) is 0 Å². The Morgan fingerprint density at radius 1 is 1.19 bits per heavy atom. The van der Waals surface area contributed by atoms with E-state index in [2.05, 4.69) is 10.6 Å². The molecule has 7 heteroatoms. The first-order valence-corrected chi connectivity index (χ1v) is 8.79. The summed E-state index contributed by atoms with van der Waals surface area (Å²) in [5.41, 5.74) is -1.07. The van der Waals surface area contributed by atoms with Crippen LogP contribution in [0.15, 0.2) is 24.3 Å². The molecule has 1 aromatic carbocycles. The van der Waals surface area contributed by atoms with Crippen LogP contribution in [0, 0.1) is 5.92 Å². The van der Waals surface area contributed by atoms with Crippen molar-refractivity contribution in [3.63, 3.8) is 0 Å². The number of nitrogens with one attached hydrogen (secondary N) is 2. The number of alkyl halides is 3. The molecule has 26 heavy (non-hydrogen) atoms. The van der Waals surface area contributed by atoms with Crippen molar-refractivity contribution in [2.75, 3.05) is 6.54 Å². The van der Waals surface area contributed by atoms with E-state index in [0.29, 0.717) is 6.54 Å². The van der Waals surface area contributed by atoms with Crippen molar-refractivity contribution < 1.29 is 22.7 Å². The maximum absolute atomic E-state index is 13.0. The summed E-state index contributed by atoms with van der Waals surface area (Å²) < 4.78 is 44.4. The van der Waals surface area contributed by atoms with Gasteiger partial charge in [0.25, 0.3) is 0 Å². The second-order valence-electron chi connectivity index (χ2n) is 7.42. The van der Waals surface area contributed by atoms with E-state index in [-0.39, 0.29) is 24.1 Å². The van der Waals surface area contributed by atoms with Gasteiger partial charge in [0.15, 0.2) is 0 Å². The van der Waals surface area contributed by atoms with Crippen LogP contribution < -0.4 is 10.6 Å². The number of carbonyl (C=O) groups is 1. The van der Waals surface area contributed by atoms with Crippen LogP contribution in [0.2, 0.25) is 0 Å². The summed E-state index contributed by atoms with van der Waals surface area (Å²) in [7, 11) is 0. The summed E-state index contributed by atoms with van der Waals surface area (Å²) in [4.78, 5) is 12.0. The number of amides is 1. The molecule has 0 aliphatic rings. The largest absolute Gasteiger partial charge is 0.444 e. The van der Waals surface area contributed by atoms with Gasteiger partial charge in [-0.2, -0.15) is 13.2 Å². The Hall–Kier alpha value is -1.76. The van der Waals surface area contributed by atoms with Crippen molar-refractivity contribution >= 4 is 6.09 Å². The number of ether oxygens (including phenoxy) is 1. The maximum Gasteiger partial charge on any atom is 0.416 e. The first kappa shape index (κ1) is 22.3. The van der Waals surface area contributed by atoms with Crippen LogP contribution in [0.4, 0.5) is 18.0 Å². The zero-order valence-corrected chi connectivity index (χ0v) is 16.0. The molecular formula is C19H29F3N2O2. The fourth-order valence-electron chi connectivity index (χ4n) is 2.45. The predicted molar refractivity (Wildman–Crippen MR) is 95.8 cm³/mol. The summed E-state index contributed by atoms with van der Waals surface area (Å²) >= 11 is 0. The Balaban J connectivity index is 2.70. The number of hydrogen-bond acceptors (Lipinski definition) is 3. The van der Waals surface area contributed by atoms with Crippen LogP contribution >= 0.6 is 0 Å². The Kier molecular flexibility index (Phi) is 7.93. The van der Waals surface area contributed by atoms with Crippen LogP contribution in [-0.2, 0) is 17.5 Å². The normalized spacial score (nSPS) is 14.6. The Bertz CT molecular complexity index is 583. The molecule has 2 atom stereocenters. The van der Waals surface area contributed by atoms with Gasteiger partial charge in [0.2, 0.25) is 0 Å². The van der Waals surface area contributed by atoms with Gasteiger partial charge >= 0.3 is 12.3 Å². The maximum atomic E-state index is 13.0. The molecule has 148 valence electrons. The summed E-state index contributed by atoms with van der Waals surface area (Å²) in [5.74, 6) is 0.146. The minimum Gasteiger partial charge on any atom is -0.444 e. The van der Waals surface area contributed by atoms with Crippen molar-refractivity contribution in [1.29, 1.82) is 0 Å². The molecule has 0 radical (unpaired) electrons. The Morgan fingerprint density at radius 2 is 1.81 bits per heavy atom. The second kappa shape index (κ2) is 9.26. The van der Waals surface area contributed by atoms with Crippen molar-refractivity contribution in [1.82, 2.24) is 10.6 Å². The Morgan fingerprint density at radius 3 is 2.35 bits per heavy atom. The van der Waals surface area contributed by atoms with Gasteiger partial charge < -0.3 is 15.4 Å². The minimum atomic E-state index is -4.39. The summed E-state index contributed by atoms with van der Waals surface area (Å²) in [6.45, 7) is 9.71. The number of alkyl carbamates (subject to hydrolysis) is 1. The van der Waals surface area contributed by atoms with E-state index in [1.54, 1.807) is 26.8 Å². The molecule has 0 aliphatic heterocycles. The van der Waals surface area contributed by atoms with Crippen LogP contribution in [0.25, 0.3) is 0 Å². The highest BCUT2D eigenvalue weighted by Gasteiger charge is 2.32. The zero-order chi connectivity index (χ0) is 20.0. The lowest BCUT2D eigenvalue weighted by Crippen LogP contribution is -2.47. The average molecular weight is 374 g/mol. The molecule has 0 fully saturated rings. The Labute approximate surface area is 153 Å². The number of halogens is 3. The minimum absolute atomic E-state index is 0.0681. The first-order valence-electron chi connectivity index (χ1n) is 8.79. The predicted octanol–water partition coefficient (Wildman–Crippen LogP) is 4.73. The number of hydrogen-bond donors (Lipinski definition) is 2. The SMILES string of the molecule is CC[C@H](C)[C@@H](CNCc1ccccc1C(F)(F)F)NC(=O)OC(C)(C)C. The average Bonchev–Trinajstić information content (AvgIpc) is 2.51. The van der Waals surface area contributed by atoms with Gasteiger partial charge in [-0.15, -0.1) is 0 Å². The smallest absolute Gasteiger partial charge is 0.416 e. The molecule has 1 aromatic rings. The quantitative estimate of drug-likeness (QED) is 0.725. The molecule has 0 heterocycles. The van der Waals surface area contributed by atoms with E-state index >= 15 is 0 Å². The van der Waals surface area contributed by atoms with Gasteiger partial charge in [-0.3, -0.25) is 0 Å². The van der Waals surface area contributed by atoms with Gasteiger partial charge in [-0.25, -0.2) is 4.79 Å². The molecule has 0 bridgehead atoms. The molecule has 2 N–H and O–H groups in total. The lowest BCUT2D eigenvalue weighted by Gasteiger charge is -2.27. The van der Waals surface area contributed by atoms with E-state index in [4.69, 9.17) is 4.74 Å². The van der Waals surface area contributed by atoms with Gasteiger partial charge in [0, 0.05) is 19.1 Å². The van der Waals surface area contributed by atoms with Crippen LogP contribution in [-0.4, -0.2) is 24.3 Å². The van der Waals surface area contributed by atoms with Crippen molar-refractivity contribution in [2.24, 2.45) is 5.92 Å². The standard InChI is InChI=1S/C19H29F3N2O2/c1-6-13(2)16(24-17(25)26-18(3,4)5)12-23-11-14-9-7-8-10-15(14)19(20,21)22/h7-10,13,16,23H,6,11-12H2,1-5H3,(H,24,25)/t13-,16+/m0/s1. The van der Waals surface area contributed by atoms with Gasteiger partial charge in [-0.1, -0.05) is 38.5 Å². The lowest BCUT2D eigenvalue weighted by molar-refractivity contribution is -0.138. The topological polar surface area (TPSA) is 50.4 Å². The highest BCUT2D eigenvalue weighted by Crippen LogP contribution is 2.31. The van der Waals surface area contributed by atoms with Gasteiger partial charge in [0.1, 0.15) is 5.60 Å². The molecule has 1 rings (SSSR count). The van der Waals surface area contributed by atoms with E-state index in [0.717, 1.165) is 12.5 Å². The third-order valence-electron chi connectivity index (χ3n) is 4.04. The number of carbonyl (C=O) groups excluding carboxylic acids is 1. The molecule has 0 saturated heterocycles. The summed E-state index contributed by atoms with van der Waals surface area (Å²) in [6, 6.07) is 5.24. The van der Waals surface area contributed by atoms with Crippen molar-refractivity contribution in [3.05, 3.63) is 35.4 Å². The van der Waals surface area contributed by atoms with E-state index in [9.17, 15) is 18.0 Å². The lowest BCUT2D eigenvalue weighted by atomic mass is 9.99. The molecule has 0 spiro atoms. The fourth-order valence-corrected chi connectivity index (χ4v) is 2.45. The van der Waals surface area contributed by atoms with Gasteiger partial charge in [0.05, 0.1) is 5.56 Å².